The highest BCUT2D eigenvalue weighted by Gasteiger charge is 2.11. The maximum Gasteiger partial charge on any atom is 0.232 e. The van der Waals surface area contributed by atoms with Crippen molar-refractivity contribution in [3.63, 3.8) is 0 Å². The van der Waals surface area contributed by atoms with Crippen molar-refractivity contribution in [1.82, 2.24) is 4.98 Å². The van der Waals surface area contributed by atoms with Crippen LogP contribution in [0.5, 0.6) is 0 Å². The lowest BCUT2D eigenvalue weighted by atomic mass is 10.1. The highest BCUT2D eigenvalue weighted by atomic mass is 35.7. The van der Waals surface area contributed by atoms with Crippen LogP contribution >= 0.6 is 10.7 Å². The Labute approximate surface area is 96.7 Å². The lowest BCUT2D eigenvalue weighted by molar-refractivity contribution is 0.608. The van der Waals surface area contributed by atoms with E-state index in [4.69, 9.17) is 10.7 Å². The smallest absolute Gasteiger partial charge is 0.232 e. The zero-order valence-electron chi connectivity index (χ0n) is 8.20. The van der Waals surface area contributed by atoms with E-state index in [9.17, 15) is 12.8 Å². The van der Waals surface area contributed by atoms with Crippen LogP contribution in [0.15, 0.2) is 24.4 Å². The van der Waals surface area contributed by atoms with E-state index in [2.05, 4.69) is 4.98 Å². The van der Waals surface area contributed by atoms with Gasteiger partial charge in [0, 0.05) is 27.8 Å². The Morgan fingerprint density at radius 2 is 2.12 bits per heavy atom. The van der Waals surface area contributed by atoms with Gasteiger partial charge in [-0.15, -0.1) is 0 Å². The number of aromatic nitrogens is 1. The number of hydrogen-bond acceptors (Lipinski definition) is 2. The third kappa shape index (κ3) is 2.36. The first-order chi connectivity index (χ1) is 7.47. The van der Waals surface area contributed by atoms with Gasteiger partial charge in [0.15, 0.2) is 0 Å². The fourth-order valence-corrected chi connectivity index (χ4v) is 2.33. The van der Waals surface area contributed by atoms with Crippen molar-refractivity contribution in [3.8, 4) is 0 Å². The standard InChI is InChI=1S/C10H9ClFNO2S/c11-16(14,15)5-4-7-6-13-9-3-1-2-8(12)10(7)9/h1-3,6,13H,4-5H2. The van der Waals surface area contributed by atoms with Crippen LogP contribution in [0.3, 0.4) is 0 Å². The summed E-state index contributed by atoms with van der Waals surface area (Å²) in [6.07, 6.45) is 1.81. The van der Waals surface area contributed by atoms with Crippen molar-refractivity contribution >= 4 is 30.6 Å². The van der Waals surface area contributed by atoms with Crippen molar-refractivity contribution in [3.05, 3.63) is 35.8 Å². The lowest BCUT2D eigenvalue weighted by Crippen LogP contribution is -2.00. The summed E-state index contributed by atoms with van der Waals surface area (Å²) in [5, 5.41) is 0.433. The summed E-state index contributed by atoms with van der Waals surface area (Å²) < 4.78 is 35.1. The molecule has 1 aromatic carbocycles. The van der Waals surface area contributed by atoms with Gasteiger partial charge in [-0.05, 0) is 24.1 Å². The van der Waals surface area contributed by atoms with Crippen molar-refractivity contribution < 1.29 is 12.8 Å². The summed E-state index contributed by atoms with van der Waals surface area (Å²) >= 11 is 0. The van der Waals surface area contributed by atoms with Gasteiger partial charge in [-0.25, -0.2) is 12.8 Å². The maximum absolute atomic E-state index is 13.5. The van der Waals surface area contributed by atoms with Crippen molar-refractivity contribution in [2.75, 3.05) is 5.75 Å². The number of benzene rings is 1. The molecule has 0 radical (unpaired) electrons. The summed E-state index contributed by atoms with van der Waals surface area (Å²) in [5.41, 5.74) is 1.28. The molecule has 0 bridgehead atoms. The number of aromatic amines is 1. The molecule has 0 aliphatic rings. The lowest BCUT2D eigenvalue weighted by Gasteiger charge is -1.98. The van der Waals surface area contributed by atoms with Gasteiger partial charge in [0.1, 0.15) is 5.82 Å². The van der Waals surface area contributed by atoms with Crippen molar-refractivity contribution in [1.29, 1.82) is 0 Å². The predicted octanol–water partition coefficient (Wildman–Crippen LogP) is 2.42. The SMILES string of the molecule is O=S(=O)(Cl)CCc1c[nH]c2cccc(F)c12. The number of fused-ring (bicyclic) bond motifs is 1. The topological polar surface area (TPSA) is 49.9 Å². The third-order valence-electron chi connectivity index (χ3n) is 2.35. The van der Waals surface area contributed by atoms with Crippen LogP contribution in [-0.2, 0) is 15.5 Å². The van der Waals surface area contributed by atoms with Gasteiger partial charge < -0.3 is 4.98 Å². The van der Waals surface area contributed by atoms with Crippen LogP contribution in [-0.4, -0.2) is 19.2 Å². The molecule has 6 heteroatoms. The molecular weight excluding hydrogens is 253 g/mol. The Bertz CT molecular complexity index is 621. The normalized spacial score (nSPS) is 12.1. The molecule has 1 heterocycles. The van der Waals surface area contributed by atoms with Gasteiger partial charge in [0.05, 0.1) is 5.75 Å². The Morgan fingerprint density at radius 3 is 2.81 bits per heavy atom. The summed E-state index contributed by atoms with van der Waals surface area (Å²) in [6, 6.07) is 4.67. The molecule has 3 nitrogen and oxygen atoms in total. The van der Waals surface area contributed by atoms with E-state index in [0.29, 0.717) is 16.5 Å². The molecular formula is C10H9ClFNO2S. The first-order valence-corrected chi connectivity index (χ1v) is 7.12. The molecule has 0 saturated heterocycles. The van der Waals surface area contributed by atoms with Gasteiger partial charge in [-0.2, -0.15) is 0 Å². The molecule has 0 aliphatic heterocycles. The second-order valence-corrected chi connectivity index (χ2v) is 6.37. The fraction of sp³-hybridized carbons (Fsp3) is 0.200. The van der Waals surface area contributed by atoms with E-state index >= 15 is 0 Å². The summed E-state index contributed by atoms with van der Waals surface area (Å²) in [7, 11) is 1.56. The molecule has 2 rings (SSSR count). The Morgan fingerprint density at radius 1 is 1.38 bits per heavy atom. The van der Waals surface area contributed by atoms with Gasteiger partial charge in [0.2, 0.25) is 9.05 Å². The van der Waals surface area contributed by atoms with Crippen LogP contribution in [0.2, 0.25) is 0 Å². The van der Waals surface area contributed by atoms with Gasteiger partial charge >= 0.3 is 0 Å². The first-order valence-electron chi connectivity index (χ1n) is 4.64. The number of H-pyrrole nitrogens is 1. The molecule has 0 saturated carbocycles. The van der Waals surface area contributed by atoms with Crippen LogP contribution in [0.25, 0.3) is 10.9 Å². The van der Waals surface area contributed by atoms with E-state index in [-0.39, 0.29) is 18.0 Å². The predicted molar refractivity (Wildman–Crippen MR) is 61.6 cm³/mol. The average molecular weight is 262 g/mol. The highest BCUT2D eigenvalue weighted by Crippen LogP contribution is 2.22. The van der Waals surface area contributed by atoms with Gasteiger partial charge in [-0.1, -0.05) is 6.07 Å². The zero-order valence-corrected chi connectivity index (χ0v) is 9.78. The van der Waals surface area contributed by atoms with E-state index in [0.717, 1.165) is 0 Å². The van der Waals surface area contributed by atoms with E-state index in [1.165, 1.54) is 6.07 Å². The molecule has 0 fully saturated rings. The van der Waals surface area contributed by atoms with Crippen LogP contribution in [0, 0.1) is 5.82 Å². The second kappa shape index (κ2) is 4.07. The largest absolute Gasteiger partial charge is 0.361 e. The van der Waals surface area contributed by atoms with Crippen molar-refractivity contribution in [2.45, 2.75) is 6.42 Å². The minimum absolute atomic E-state index is 0.199. The minimum atomic E-state index is -3.55. The number of nitrogens with one attached hydrogen (secondary N) is 1. The molecule has 16 heavy (non-hydrogen) atoms. The monoisotopic (exact) mass is 261 g/mol. The molecule has 0 amide bonds. The third-order valence-corrected chi connectivity index (χ3v) is 3.51. The summed E-state index contributed by atoms with van der Waals surface area (Å²) in [5.74, 6) is -0.559. The number of hydrogen-bond donors (Lipinski definition) is 1. The quantitative estimate of drug-likeness (QED) is 0.863. The molecule has 1 N–H and O–H groups in total. The highest BCUT2D eigenvalue weighted by molar-refractivity contribution is 8.13. The molecule has 0 unspecified atom stereocenters. The second-order valence-electron chi connectivity index (χ2n) is 3.47. The van der Waals surface area contributed by atoms with E-state index < -0.39 is 9.05 Å². The van der Waals surface area contributed by atoms with E-state index in [1.807, 2.05) is 0 Å². The summed E-state index contributed by atoms with van der Waals surface area (Å²) in [4.78, 5) is 2.89. The fourth-order valence-electron chi connectivity index (χ4n) is 1.64. The molecule has 0 spiro atoms. The van der Waals surface area contributed by atoms with E-state index in [1.54, 1.807) is 18.3 Å². The Hall–Kier alpha value is -1.07. The minimum Gasteiger partial charge on any atom is -0.361 e. The van der Waals surface area contributed by atoms with Gasteiger partial charge in [0.25, 0.3) is 0 Å². The Balaban J connectivity index is 2.39. The molecule has 86 valence electrons. The number of rotatable bonds is 3. The maximum atomic E-state index is 13.5. The number of halogens is 2. The van der Waals surface area contributed by atoms with Crippen LogP contribution in [0.1, 0.15) is 5.56 Å². The summed E-state index contributed by atoms with van der Waals surface area (Å²) in [6.45, 7) is 0. The molecule has 0 aliphatic carbocycles. The van der Waals surface area contributed by atoms with Crippen LogP contribution < -0.4 is 0 Å². The average Bonchev–Trinajstić information content (AvgIpc) is 2.58. The Kier molecular flexibility index (Phi) is 2.90. The van der Waals surface area contributed by atoms with Crippen molar-refractivity contribution in [2.24, 2.45) is 0 Å². The first kappa shape index (κ1) is 11.4. The molecule has 2 aromatic rings. The molecule has 0 atom stereocenters. The zero-order chi connectivity index (χ0) is 11.8. The number of aryl methyl sites for hydroxylation is 1. The molecule has 1 aromatic heterocycles. The van der Waals surface area contributed by atoms with Gasteiger partial charge in [-0.3, -0.25) is 0 Å². The van der Waals surface area contributed by atoms with Crippen LogP contribution in [0.4, 0.5) is 4.39 Å².